The first-order valence-corrected chi connectivity index (χ1v) is 24.2. The summed E-state index contributed by atoms with van der Waals surface area (Å²) in [6.07, 6.45) is 0. The predicted octanol–water partition coefficient (Wildman–Crippen LogP) is 9.49. The summed E-state index contributed by atoms with van der Waals surface area (Å²) < 4.78 is 21.9. The van der Waals surface area contributed by atoms with Crippen molar-refractivity contribution >= 4 is 66.7 Å². The van der Waals surface area contributed by atoms with E-state index in [0.717, 1.165) is 27.8 Å². The lowest BCUT2D eigenvalue weighted by Crippen LogP contribution is -2.66. The number of hydrogen-bond donors (Lipinski definition) is 0. The molecule has 0 aliphatic heterocycles. The summed E-state index contributed by atoms with van der Waals surface area (Å²) in [4.78, 5) is 18.6. The van der Waals surface area contributed by atoms with Crippen LogP contribution in [0.2, 0.25) is 10.2 Å². The van der Waals surface area contributed by atoms with Crippen molar-refractivity contribution in [2.24, 2.45) is 0 Å². The van der Waals surface area contributed by atoms with E-state index in [4.69, 9.17) is 25.2 Å². The van der Waals surface area contributed by atoms with E-state index < -0.39 is 23.3 Å². The lowest BCUT2D eigenvalue weighted by atomic mass is 10.1. The smallest absolute Gasteiger partial charge is 0.355 e. The van der Waals surface area contributed by atoms with Crippen molar-refractivity contribution in [1.29, 1.82) is 0 Å². The second kappa shape index (κ2) is 18.8. The number of hydrogen-bond acceptors (Lipinski definition) is 5. The molecule has 0 spiro atoms. The maximum atomic E-state index is 14.0. The Morgan fingerprint density at radius 1 is 0.607 bits per heavy atom. The molecule has 0 bridgehead atoms. The van der Waals surface area contributed by atoms with Crippen LogP contribution in [0.4, 0.5) is 0 Å². The molecule has 0 aliphatic carbocycles. The Labute approximate surface area is 366 Å². The van der Waals surface area contributed by atoms with Gasteiger partial charge in [-0.3, -0.25) is 0 Å². The zero-order valence-electron chi connectivity index (χ0n) is 34.6. The highest BCUT2D eigenvalue weighted by Gasteiger charge is 2.50. The number of halogens is 1. The predicted molar refractivity (Wildman–Crippen MR) is 251 cm³/mol. The van der Waals surface area contributed by atoms with Crippen LogP contribution in [0.3, 0.4) is 0 Å². The Balaban J connectivity index is 1.00. The van der Waals surface area contributed by atoms with Crippen molar-refractivity contribution in [1.82, 2.24) is 9.55 Å². The SMILES string of the molecule is CC(C)(C)[Si](OCc1cccc(Cn2c(C(=O)OCc3cccc(CO[Si](c4ccccc4)c4ccccc4)c3)cc3nc(Cl)ccc32)c1)(c1ccccc1)c1ccccc1. The number of ether oxygens (including phenoxy) is 1. The standard InChI is InChI=1S/C52H48ClN2O4Si2/c1-52(2,3)61(45-26-12-6-13-27-45,46-28-14-7-15-29-46)59-38-42-21-16-18-39(32-42)35-55-48-30-31-50(53)54-47(48)34-49(55)51(56)57-36-40-19-17-20-41(33-40)37-58-60(43-22-8-4-9-23-43)44-24-10-5-11-25-44/h4-34H,35-38H2,1-3H3. The van der Waals surface area contributed by atoms with Gasteiger partial charge in [0.25, 0.3) is 17.4 Å². The number of fused-ring (bicyclic) bond motifs is 1. The molecule has 9 heteroatoms. The molecule has 0 saturated carbocycles. The first-order valence-electron chi connectivity index (χ1n) is 20.5. The molecular weight excluding hydrogens is 808 g/mol. The van der Waals surface area contributed by atoms with Gasteiger partial charge in [0.2, 0.25) is 0 Å². The molecule has 61 heavy (non-hydrogen) atoms. The molecule has 6 nitrogen and oxygen atoms in total. The summed E-state index contributed by atoms with van der Waals surface area (Å²) in [5, 5.41) is 5.05. The Morgan fingerprint density at radius 2 is 1.11 bits per heavy atom. The molecule has 0 N–H and O–H groups in total. The largest absolute Gasteiger partial charge is 0.456 e. The monoisotopic (exact) mass is 855 g/mol. The molecule has 6 aromatic carbocycles. The normalized spacial score (nSPS) is 11.9. The van der Waals surface area contributed by atoms with E-state index in [9.17, 15) is 4.79 Å². The molecule has 0 unspecified atom stereocenters. The van der Waals surface area contributed by atoms with Gasteiger partial charge in [0, 0.05) is 6.54 Å². The Morgan fingerprint density at radius 3 is 1.69 bits per heavy atom. The summed E-state index contributed by atoms with van der Waals surface area (Å²) in [5.74, 6) is -0.444. The number of benzene rings is 6. The highest BCUT2D eigenvalue weighted by Crippen LogP contribution is 2.37. The fourth-order valence-corrected chi connectivity index (χ4v) is 14.8. The number of carbonyl (C=O) groups excluding carboxylic acids is 1. The van der Waals surface area contributed by atoms with Crippen molar-refractivity contribution in [3.05, 3.63) is 221 Å². The molecule has 2 heterocycles. The van der Waals surface area contributed by atoms with Crippen molar-refractivity contribution in [3.63, 3.8) is 0 Å². The van der Waals surface area contributed by atoms with Crippen LogP contribution in [-0.2, 0) is 40.0 Å². The van der Waals surface area contributed by atoms with Crippen LogP contribution >= 0.6 is 11.6 Å². The number of carbonyl (C=O) groups is 1. The summed E-state index contributed by atoms with van der Waals surface area (Å²) in [6, 6.07) is 64.0. The van der Waals surface area contributed by atoms with Crippen LogP contribution in [0.25, 0.3) is 11.0 Å². The number of esters is 1. The van der Waals surface area contributed by atoms with Gasteiger partial charge in [-0.05, 0) is 66.2 Å². The number of rotatable bonds is 15. The maximum absolute atomic E-state index is 14.0. The molecule has 8 rings (SSSR count). The zero-order chi connectivity index (χ0) is 42.2. The van der Waals surface area contributed by atoms with Crippen LogP contribution in [0, 0.1) is 0 Å². The van der Waals surface area contributed by atoms with Gasteiger partial charge in [-0.1, -0.05) is 202 Å². The van der Waals surface area contributed by atoms with Crippen LogP contribution in [-0.4, -0.2) is 32.9 Å². The molecular formula is C52H48ClN2O4Si2. The molecule has 0 amide bonds. The minimum atomic E-state index is -2.75. The summed E-state index contributed by atoms with van der Waals surface area (Å²) in [7, 11) is -4.22. The van der Waals surface area contributed by atoms with E-state index >= 15 is 0 Å². The third-order valence-electron chi connectivity index (χ3n) is 11.0. The molecule has 305 valence electrons. The third kappa shape index (κ3) is 9.54. The Hall–Kier alpha value is -5.88. The second-order valence-electron chi connectivity index (χ2n) is 16.2. The van der Waals surface area contributed by atoms with Gasteiger partial charge >= 0.3 is 5.97 Å². The first-order chi connectivity index (χ1) is 29.7. The number of aromatic nitrogens is 2. The summed E-state index contributed by atoms with van der Waals surface area (Å²) in [6.45, 7) is 8.25. The molecule has 1 radical (unpaired) electrons. The molecule has 8 aromatic rings. The third-order valence-corrected chi connectivity index (χ3v) is 18.3. The Kier molecular flexibility index (Phi) is 12.9. The van der Waals surface area contributed by atoms with Crippen molar-refractivity contribution < 1.29 is 18.4 Å². The van der Waals surface area contributed by atoms with Crippen molar-refractivity contribution in [3.8, 4) is 0 Å². The first kappa shape index (κ1) is 41.8. The van der Waals surface area contributed by atoms with E-state index in [1.165, 1.54) is 20.7 Å². The molecule has 2 aromatic heterocycles. The average Bonchev–Trinajstić information content (AvgIpc) is 3.64. The fraction of sp³-hybridized carbons (Fsp3) is 0.154. The number of pyridine rings is 1. The van der Waals surface area contributed by atoms with Gasteiger partial charge in [-0.2, -0.15) is 0 Å². The van der Waals surface area contributed by atoms with E-state index in [2.05, 4.69) is 159 Å². The Bertz CT molecular complexity index is 2630. The number of nitrogens with zero attached hydrogens (tertiary/aromatic N) is 2. The minimum absolute atomic E-state index is 0.104. The molecule has 0 fully saturated rings. The highest BCUT2D eigenvalue weighted by atomic mass is 35.5. The van der Waals surface area contributed by atoms with Crippen LogP contribution in [0.15, 0.2) is 188 Å². The van der Waals surface area contributed by atoms with Crippen LogP contribution < -0.4 is 20.7 Å². The maximum Gasteiger partial charge on any atom is 0.355 e. The van der Waals surface area contributed by atoms with Gasteiger partial charge in [-0.15, -0.1) is 0 Å². The molecule has 0 saturated heterocycles. The van der Waals surface area contributed by atoms with Crippen LogP contribution in [0.1, 0.15) is 53.5 Å². The lowest BCUT2D eigenvalue weighted by molar-refractivity contribution is 0.0461. The van der Waals surface area contributed by atoms with E-state index in [1.807, 2.05) is 47.0 Å². The topological polar surface area (TPSA) is 62.6 Å². The van der Waals surface area contributed by atoms with Crippen molar-refractivity contribution in [2.45, 2.75) is 52.2 Å². The van der Waals surface area contributed by atoms with E-state index in [0.29, 0.717) is 36.1 Å². The average molecular weight is 857 g/mol. The fourth-order valence-electron chi connectivity index (χ4n) is 8.11. The van der Waals surface area contributed by atoms with E-state index in [1.54, 1.807) is 12.1 Å². The van der Waals surface area contributed by atoms with Gasteiger partial charge in [0.15, 0.2) is 0 Å². The quantitative estimate of drug-likeness (QED) is 0.0585. The second-order valence-corrected chi connectivity index (χ2v) is 23.0. The minimum Gasteiger partial charge on any atom is -0.456 e. The van der Waals surface area contributed by atoms with Gasteiger partial charge in [0.1, 0.15) is 17.5 Å². The highest BCUT2D eigenvalue weighted by molar-refractivity contribution is 6.99. The van der Waals surface area contributed by atoms with Gasteiger partial charge in [0.05, 0.1) is 24.2 Å². The molecule has 0 atom stereocenters. The summed E-state index contributed by atoms with van der Waals surface area (Å²) in [5.41, 5.74) is 5.77. The summed E-state index contributed by atoms with van der Waals surface area (Å²) >= 11 is 6.35. The van der Waals surface area contributed by atoms with Gasteiger partial charge < -0.3 is 18.2 Å². The van der Waals surface area contributed by atoms with Gasteiger partial charge in [-0.25, -0.2) is 9.78 Å². The van der Waals surface area contributed by atoms with E-state index in [-0.39, 0.29) is 11.6 Å². The van der Waals surface area contributed by atoms with Crippen molar-refractivity contribution in [2.75, 3.05) is 0 Å². The molecule has 0 aliphatic rings. The van der Waals surface area contributed by atoms with Crippen LogP contribution in [0.5, 0.6) is 0 Å². The zero-order valence-corrected chi connectivity index (χ0v) is 37.4. The lowest BCUT2D eigenvalue weighted by Gasteiger charge is -2.43.